The molecule has 1 amide bonds. The molecule has 0 aromatic heterocycles. The highest BCUT2D eigenvalue weighted by Crippen LogP contribution is 2.19. The van der Waals surface area contributed by atoms with Crippen molar-refractivity contribution in [3.05, 3.63) is 65.5 Å². The van der Waals surface area contributed by atoms with Crippen LogP contribution in [0.25, 0.3) is 6.08 Å². The highest BCUT2D eigenvalue weighted by molar-refractivity contribution is 6.06. The topological polar surface area (TPSA) is 75.6 Å². The molecule has 2 aromatic rings. The van der Waals surface area contributed by atoms with Crippen molar-refractivity contribution in [3.8, 4) is 5.75 Å². The zero-order chi connectivity index (χ0) is 16.8. The number of carbonyl (C=O) groups is 2. The van der Waals surface area contributed by atoms with Crippen molar-refractivity contribution in [1.82, 2.24) is 0 Å². The second-order valence-electron chi connectivity index (χ2n) is 4.57. The number of carboxylic acid groups (broad SMARTS) is 1. The standard InChI is InChI=1S/C17H14FNO4/c1-23-15-10-11(6-8-13(15)18)7-9-16(20)19-14-5-3-2-4-12(14)17(21)22/h2-10H,1H3,(H,19,20)(H,21,22). The van der Waals surface area contributed by atoms with Gasteiger partial charge in [-0.05, 0) is 35.9 Å². The molecular weight excluding hydrogens is 301 g/mol. The number of carboxylic acids is 1. The van der Waals surface area contributed by atoms with E-state index in [9.17, 15) is 14.0 Å². The maximum absolute atomic E-state index is 13.3. The third-order valence-corrected chi connectivity index (χ3v) is 3.02. The lowest BCUT2D eigenvalue weighted by atomic mass is 10.1. The van der Waals surface area contributed by atoms with Gasteiger partial charge in [0.2, 0.25) is 5.91 Å². The lowest BCUT2D eigenvalue weighted by Gasteiger charge is -2.06. The zero-order valence-corrected chi connectivity index (χ0v) is 12.2. The van der Waals surface area contributed by atoms with Gasteiger partial charge in [-0.3, -0.25) is 4.79 Å². The van der Waals surface area contributed by atoms with Gasteiger partial charge < -0.3 is 15.2 Å². The lowest BCUT2D eigenvalue weighted by Crippen LogP contribution is -2.11. The first-order valence-corrected chi connectivity index (χ1v) is 6.66. The van der Waals surface area contributed by atoms with Crippen LogP contribution in [0.5, 0.6) is 5.75 Å². The van der Waals surface area contributed by atoms with Gasteiger partial charge in [-0.15, -0.1) is 0 Å². The molecule has 0 radical (unpaired) electrons. The average molecular weight is 315 g/mol. The molecular formula is C17H14FNO4. The molecule has 0 saturated heterocycles. The van der Waals surface area contributed by atoms with Gasteiger partial charge >= 0.3 is 5.97 Å². The quantitative estimate of drug-likeness (QED) is 0.831. The van der Waals surface area contributed by atoms with E-state index in [1.54, 1.807) is 12.1 Å². The lowest BCUT2D eigenvalue weighted by molar-refractivity contribution is -0.111. The van der Waals surface area contributed by atoms with E-state index >= 15 is 0 Å². The predicted molar refractivity (Wildman–Crippen MR) is 84.0 cm³/mol. The number of aromatic carboxylic acids is 1. The molecule has 0 fully saturated rings. The van der Waals surface area contributed by atoms with Gasteiger partial charge in [-0.2, -0.15) is 0 Å². The zero-order valence-electron chi connectivity index (χ0n) is 12.2. The monoisotopic (exact) mass is 315 g/mol. The summed E-state index contributed by atoms with van der Waals surface area (Å²) in [5.41, 5.74) is 0.772. The Balaban J connectivity index is 2.12. The van der Waals surface area contributed by atoms with Gasteiger partial charge in [-0.25, -0.2) is 9.18 Å². The Bertz CT molecular complexity index is 771. The first kappa shape index (κ1) is 16.2. The van der Waals surface area contributed by atoms with Crippen LogP contribution in [0.3, 0.4) is 0 Å². The van der Waals surface area contributed by atoms with Crippen LogP contribution in [0.2, 0.25) is 0 Å². The molecule has 0 atom stereocenters. The van der Waals surface area contributed by atoms with Gasteiger partial charge in [0, 0.05) is 6.08 Å². The summed E-state index contributed by atoms with van der Waals surface area (Å²) in [6.45, 7) is 0. The molecule has 0 spiro atoms. The molecule has 23 heavy (non-hydrogen) atoms. The normalized spacial score (nSPS) is 10.5. The molecule has 0 heterocycles. The largest absolute Gasteiger partial charge is 0.494 e. The summed E-state index contributed by atoms with van der Waals surface area (Å²) in [5.74, 6) is -2.05. The van der Waals surface area contributed by atoms with E-state index in [-0.39, 0.29) is 17.0 Å². The van der Waals surface area contributed by atoms with E-state index in [4.69, 9.17) is 9.84 Å². The van der Waals surface area contributed by atoms with Crippen molar-refractivity contribution in [2.75, 3.05) is 12.4 Å². The number of benzene rings is 2. The number of para-hydroxylation sites is 1. The number of methoxy groups -OCH3 is 1. The Kier molecular flexibility index (Phi) is 5.09. The highest BCUT2D eigenvalue weighted by Gasteiger charge is 2.10. The molecule has 2 aromatic carbocycles. The van der Waals surface area contributed by atoms with Crippen LogP contribution in [0.1, 0.15) is 15.9 Å². The fraction of sp³-hybridized carbons (Fsp3) is 0.0588. The summed E-state index contributed by atoms with van der Waals surface area (Å²) in [7, 11) is 1.35. The highest BCUT2D eigenvalue weighted by atomic mass is 19.1. The minimum atomic E-state index is -1.13. The Morgan fingerprint density at radius 3 is 2.65 bits per heavy atom. The van der Waals surface area contributed by atoms with E-state index < -0.39 is 17.7 Å². The fourth-order valence-corrected chi connectivity index (χ4v) is 1.90. The minimum Gasteiger partial charge on any atom is -0.494 e. The van der Waals surface area contributed by atoms with E-state index in [1.807, 2.05) is 0 Å². The third kappa shape index (κ3) is 4.16. The van der Waals surface area contributed by atoms with Gasteiger partial charge in [0.15, 0.2) is 11.6 Å². The van der Waals surface area contributed by atoms with Gasteiger partial charge in [0.25, 0.3) is 0 Å². The molecule has 2 N–H and O–H groups in total. The van der Waals surface area contributed by atoms with Crippen molar-refractivity contribution in [2.24, 2.45) is 0 Å². The third-order valence-electron chi connectivity index (χ3n) is 3.02. The minimum absolute atomic E-state index is 0.00213. The maximum atomic E-state index is 13.3. The number of rotatable bonds is 5. The number of amides is 1. The van der Waals surface area contributed by atoms with Crippen molar-refractivity contribution in [1.29, 1.82) is 0 Å². The van der Waals surface area contributed by atoms with Crippen LogP contribution in [-0.2, 0) is 4.79 Å². The number of carbonyl (C=O) groups excluding carboxylic acids is 1. The van der Waals surface area contributed by atoms with E-state index in [0.29, 0.717) is 5.56 Å². The van der Waals surface area contributed by atoms with Crippen LogP contribution in [0.15, 0.2) is 48.5 Å². The number of hydrogen-bond donors (Lipinski definition) is 2. The second kappa shape index (κ2) is 7.22. The van der Waals surface area contributed by atoms with Gasteiger partial charge in [-0.1, -0.05) is 18.2 Å². The summed E-state index contributed by atoms with van der Waals surface area (Å²) in [5, 5.41) is 11.5. The molecule has 0 aliphatic carbocycles. The van der Waals surface area contributed by atoms with Crippen LogP contribution in [0, 0.1) is 5.82 Å². The van der Waals surface area contributed by atoms with Crippen molar-refractivity contribution >= 4 is 23.6 Å². The SMILES string of the molecule is COc1cc(C=CC(=O)Nc2ccccc2C(=O)O)ccc1F. The summed E-state index contributed by atoms with van der Waals surface area (Å²) >= 11 is 0. The fourth-order valence-electron chi connectivity index (χ4n) is 1.90. The number of ether oxygens (including phenoxy) is 1. The van der Waals surface area contributed by atoms with E-state index in [0.717, 1.165) is 0 Å². The van der Waals surface area contributed by atoms with E-state index in [2.05, 4.69) is 5.32 Å². The van der Waals surface area contributed by atoms with Crippen LogP contribution >= 0.6 is 0 Å². The van der Waals surface area contributed by atoms with Gasteiger partial charge in [0.05, 0.1) is 18.4 Å². The number of halogens is 1. The first-order chi connectivity index (χ1) is 11.0. The molecule has 118 valence electrons. The Morgan fingerprint density at radius 2 is 1.96 bits per heavy atom. The van der Waals surface area contributed by atoms with E-state index in [1.165, 1.54) is 49.6 Å². The van der Waals surface area contributed by atoms with Crippen LogP contribution < -0.4 is 10.1 Å². The average Bonchev–Trinajstić information content (AvgIpc) is 2.54. The Hall–Kier alpha value is -3.15. The molecule has 0 bridgehead atoms. The van der Waals surface area contributed by atoms with Crippen molar-refractivity contribution < 1.29 is 23.8 Å². The number of hydrogen-bond acceptors (Lipinski definition) is 3. The van der Waals surface area contributed by atoms with Crippen LogP contribution in [-0.4, -0.2) is 24.1 Å². The summed E-state index contributed by atoms with van der Waals surface area (Å²) in [6.07, 6.45) is 2.70. The molecule has 0 saturated carbocycles. The molecule has 6 heteroatoms. The summed E-state index contributed by atoms with van der Waals surface area (Å²) in [4.78, 5) is 23.0. The summed E-state index contributed by atoms with van der Waals surface area (Å²) < 4.78 is 18.1. The number of anilines is 1. The predicted octanol–water partition coefficient (Wildman–Crippen LogP) is 3.18. The molecule has 0 unspecified atom stereocenters. The van der Waals surface area contributed by atoms with Crippen molar-refractivity contribution in [2.45, 2.75) is 0 Å². The Morgan fingerprint density at radius 1 is 1.22 bits per heavy atom. The smallest absolute Gasteiger partial charge is 0.337 e. The second-order valence-corrected chi connectivity index (χ2v) is 4.57. The number of nitrogens with one attached hydrogen (secondary N) is 1. The van der Waals surface area contributed by atoms with Gasteiger partial charge in [0.1, 0.15) is 0 Å². The van der Waals surface area contributed by atoms with Crippen molar-refractivity contribution in [3.63, 3.8) is 0 Å². The van der Waals surface area contributed by atoms with Crippen LogP contribution in [0.4, 0.5) is 10.1 Å². The molecule has 0 aliphatic heterocycles. The molecule has 5 nitrogen and oxygen atoms in total. The first-order valence-electron chi connectivity index (χ1n) is 6.66. The Labute approximate surface area is 132 Å². The molecule has 2 rings (SSSR count). The summed E-state index contributed by atoms with van der Waals surface area (Å²) in [6, 6.07) is 10.3. The maximum Gasteiger partial charge on any atom is 0.337 e. The molecule has 0 aliphatic rings.